The second-order valence-corrected chi connectivity index (χ2v) is 6.96. The summed E-state index contributed by atoms with van der Waals surface area (Å²) in [4.78, 5) is 19.0. The van der Waals surface area contributed by atoms with Gasteiger partial charge in [-0.3, -0.25) is 9.88 Å². The molecule has 0 radical (unpaired) electrons. The monoisotopic (exact) mass is 323 g/mol. The van der Waals surface area contributed by atoms with Crippen molar-refractivity contribution >= 4 is 5.95 Å². The molecule has 0 spiro atoms. The van der Waals surface area contributed by atoms with Crippen LogP contribution in [0.5, 0.6) is 0 Å². The van der Waals surface area contributed by atoms with Gasteiger partial charge in [0.05, 0.1) is 5.69 Å². The zero-order chi connectivity index (χ0) is 16.5. The summed E-state index contributed by atoms with van der Waals surface area (Å²) < 4.78 is 0. The van der Waals surface area contributed by atoms with Gasteiger partial charge >= 0.3 is 0 Å². The first-order valence-corrected chi connectivity index (χ1v) is 8.97. The van der Waals surface area contributed by atoms with Crippen molar-refractivity contribution in [2.75, 3.05) is 31.1 Å². The second-order valence-electron chi connectivity index (χ2n) is 6.96. The Kier molecular flexibility index (Phi) is 4.19. The van der Waals surface area contributed by atoms with E-state index >= 15 is 0 Å². The van der Waals surface area contributed by atoms with Gasteiger partial charge < -0.3 is 4.90 Å². The molecule has 0 N–H and O–H groups in total. The van der Waals surface area contributed by atoms with E-state index in [1.165, 1.54) is 25.8 Å². The van der Waals surface area contributed by atoms with E-state index < -0.39 is 0 Å². The van der Waals surface area contributed by atoms with Crippen LogP contribution in [0.15, 0.2) is 24.4 Å². The van der Waals surface area contributed by atoms with Gasteiger partial charge in [0, 0.05) is 48.8 Å². The molecule has 1 atom stereocenters. The van der Waals surface area contributed by atoms with Crippen LogP contribution in [0.2, 0.25) is 0 Å². The Balaban J connectivity index is 1.58. The fourth-order valence-corrected chi connectivity index (χ4v) is 3.95. The molecule has 2 fully saturated rings. The normalized spacial score (nSPS) is 21.6. The maximum absolute atomic E-state index is 4.85. The molecule has 0 bridgehead atoms. The van der Waals surface area contributed by atoms with E-state index in [-0.39, 0.29) is 0 Å². The van der Waals surface area contributed by atoms with E-state index in [0.29, 0.717) is 6.04 Å². The third-order valence-electron chi connectivity index (χ3n) is 5.26. The molecule has 126 valence electrons. The van der Waals surface area contributed by atoms with Crippen LogP contribution in [-0.4, -0.2) is 52.1 Å². The van der Waals surface area contributed by atoms with Crippen molar-refractivity contribution in [2.45, 2.75) is 39.2 Å². The third kappa shape index (κ3) is 3.00. The van der Waals surface area contributed by atoms with Crippen LogP contribution in [-0.2, 0) is 0 Å². The minimum absolute atomic E-state index is 0.669. The topological polar surface area (TPSA) is 45.2 Å². The summed E-state index contributed by atoms with van der Waals surface area (Å²) in [5, 5.41) is 0. The molecule has 0 aromatic carbocycles. The zero-order valence-electron chi connectivity index (χ0n) is 14.6. The Morgan fingerprint density at radius 2 is 1.92 bits per heavy atom. The largest absolute Gasteiger partial charge is 0.338 e. The molecule has 0 amide bonds. The van der Waals surface area contributed by atoms with Crippen molar-refractivity contribution < 1.29 is 0 Å². The van der Waals surface area contributed by atoms with Gasteiger partial charge in [-0.15, -0.1) is 0 Å². The molecule has 5 nitrogen and oxygen atoms in total. The maximum Gasteiger partial charge on any atom is 0.225 e. The molecule has 2 saturated heterocycles. The molecule has 0 aliphatic carbocycles. The summed E-state index contributed by atoms with van der Waals surface area (Å²) in [5.41, 5.74) is 4.13. The van der Waals surface area contributed by atoms with Crippen molar-refractivity contribution in [3.05, 3.63) is 35.8 Å². The number of rotatable bonds is 2. The van der Waals surface area contributed by atoms with E-state index in [1.807, 2.05) is 32.2 Å². The number of nitrogens with zero attached hydrogens (tertiary/aromatic N) is 5. The lowest BCUT2D eigenvalue weighted by Crippen LogP contribution is -2.55. The molecule has 2 aromatic heterocycles. The first-order valence-electron chi connectivity index (χ1n) is 8.97. The minimum atomic E-state index is 0.669. The standard InChI is InChI=1S/C19H25N5/c1-14-6-7-17(15(2)21-14)18-8-9-20-19(22-18)24-12-11-23-10-4-3-5-16(23)13-24/h6-9,16H,3-5,10-13H2,1-2H3. The number of pyridine rings is 1. The van der Waals surface area contributed by atoms with Crippen LogP contribution >= 0.6 is 0 Å². The first-order chi connectivity index (χ1) is 11.7. The van der Waals surface area contributed by atoms with Gasteiger partial charge in [-0.1, -0.05) is 6.42 Å². The number of aryl methyl sites for hydroxylation is 2. The summed E-state index contributed by atoms with van der Waals surface area (Å²) >= 11 is 0. The highest BCUT2D eigenvalue weighted by atomic mass is 15.3. The third-order valence-corrected chi connectivity index (χ3v) is 5.26. The van der Waals surface area contributed by atoms with Crippen molar-refractivity contribution in [2.24, 2.45) is 0 Å². The van der Waals surface area contributed by atoms with Crippen LogP contribution in [0.25, 0.3) is 11.3 Å². The average Bonchev–Trinajstić information content (AvgIpc) is 2.61. The van der Waals surface area contributed by atoms with E-state index in [1.54, 1.807) is 0 Å². The second kappa shape index (κ2) is 6.48. The number of piperazine rings is 1. The average molecular weight is 323 g/mol. The maximum atomic E-state index is 4.85. The van der Waals surface area contributed by atoms with Gasteiger partial charge in [-0.2, -0.15) is 0 Å². The van der Waals surface area contributed by atoms with Crippen molar-refractivity contribution in [1.82, 2.24) is 19.9 Å². The molecule has 4 heterocycles. The number of fused-ring (bicyclic) bond motifs is 1. The van der Waals surface area contributed by atoms with Crippen molar-refractivity contribution in [3.8, 4) is 11.3 Å². The minimum Gasteiger partial charge on any atom is -0.338 e. The quantitative estimate of drug-likeness (QED) is 0.850. The van der Waals surface area contributed by atoms with Gasteiger partial charge in [0.1, 0.15) is 0 Å². The van der Waals surface area contributed by atoms with Crippen molar-refractivity contribution in [3.63, 3.8) is 0 Å². The lowest BCUT2D eigenvalue weighted by Gasteiger charge is -2.44. The van der Waals surface area contributed by atoms with Gasteiger partial charge in [0.15, 0.2) is 0 Å². The van der Waals surface area contributed by atoms with Gasteiger partial charge in [0.2, 0.25) is 5.95 Å². The molecule has 0 saturated carbocycles. The van der Waals surface area contributed by atoms with E-state index in [0.717, 1.165) is 48.2 Å². The van der Waals surface area contributed by atoms with Crippen LogP contribution in [0.4, 0.5) is 5.95 Å². The Morgan fingerprint density at radius 3 is 2.79 bits per heavy atom. The molecule has 1 unspecified atom stereocenters. The van der Waals surface area contributed by atoms with E-state index in [4.69, 9.17) is 4.98 Å². The highest BCUT2D eigenvalue weighted by Gasteiger charge is 2.29. The van der Waals surface area contributed by atoms with Crippen molar-refractivity contribution in [1.29, 1.82) is 0 Å². The first kappa shape index (κ1) is 15.5. The van der Waals surface area contributed by atoms with Gasteiger partial charge in [-0.25, -0.2) is 9.97 Å². The molecular formula is C19H25N5. The molecule has 2 aliphatic heterocycles. The molecule has 24 heavy (non-hydrogen) atoms. The predicted molar refractivity (Wildman–Crippen MR) is 96.2 cm³/mol. The summed E-state index contributed by atoms with van der Waals surface area (Å²) in [5.74, 6) is 0.859. The lowest BCUT2D eigenvalue weighted by atomic mass is 10.00. The summed E-state index contributed by atoms with van der Waals surface area (Å²) in [6.45, 7) is 8.52. The number of hydrogen-bond donors (Lipinski definition) is 0. The van der Waals surface area contributed by atoms with Crippen LogP contribution < -0.4 is 4.90 Å². The Labute approximate surface area is 143 Å². The van der Waals surface area contributed by atoms with E-state index in [9.17, 15) is 0 Å². The van der Waals surface area contributed by atoms with E-state index in [2.05, 4.69) is 25.8 Å². The van der Waals surface area contributed by atoms with Crippen LogP contribution in [0.3, 0.4) is 0 Å². The Hall–Kier alpha value is -2.01. The van der Waals surface area contributed by atoms with Crippen LogP contribution in [0.1, 0.15) is 30.7 Å². The highest BCUT2D eigenvalue weighted by molar-refractivity contribution is 5.62. The number of anilines is 1. The number of piperidine rings is 1. The summed E-state index contributed by atoms with van der Waals surface area (Å²) in [6.07, 6.45) is 5.88. The molecule has 2 aromatic rings. The SMILES string of the molecule is Cc1ccc(-c2ccnc(N3CCN4CCCCC4C3)n2)c(C)n1. The van der Waals surface area contributed by atoms with Crippen LogP contribution in [0, 0.1) is 13.8 Å². The Bertz CT molecular complexity index is 729. The molecular weight excluding hydrogens is 298 g/mol. The predicted octanol–water partition coefficient (Wildman–Crippen LogP) is 2.83. The number of aromatic nitrogens is 3. The smallest absolute Gasteiger partial charge is 0.225 e. The fraction of sp³-hybridized carbons (Fsp3) is 0.526. The summed E-state index contributed by atoms with van der Waals surface area (Å²) in [6, 6.07) is 6.82. The fourth-order valence-electron chi connectivity index (χ4n) is 3.95. The highest BCUT2D eigenvalue weighted by Crippen LogP contribution is 2.25. The zero-order valence-corrected chi connectivity index (χ0v) is 14.6. The summed E-state index contributed by atoms with van der Waals surface area (Å²) in [7, 11) is 0. The molecule has 5 heteroatoms. The Morgan fingerprint density at radius 1 is 1.00 bits per heavy atom. The lowest BCUT2D eigenvalue weighted by molar-refractivity contribution is 0.133. The number of hydrogen-bond acceptors (Lipinski definition) is 5. The van der Waals surface area contributed by atoms with Gasteiger partial charge in [-0.05, 0) is 51.4 Å². The van der Waals surface area contributed by atoms with Gasteiger partial charge in [0.25, 0.3) is 0 Å². The molecule has 2 aliphatic rings. The molecule has 4 rings (SSSR count).